The molecule has 0 unspecified atom stereocenters. The molecule has 1 amide bonds. The van der Waals surface area contributed by atoms with Crippen LogP contribution in [0.3, 0.4) is 0 Å². The lowest BCUT2D eigenvalue weighted by Crippen LogP contribution is -2.36. The van der Waals surface area contributed by atoms with Crippen LogP contribution in [0.15, 0.2) is 33.9 Å². The normalized spacial score (nSPS) is 15.8. The van der Waals surface area contributed by atoms with E-state index in [9.17, 15) is 4.79 Å². The number of carbonyl (C=O) groups excluding carboxylic acids is 1. The molecule has 20 heavy (non-hydrogen) atoms. The summed E-state index contributed by atoms with van der Waals surface area (Å²) < 4.78 is 8.21. The first-order chi connectivity index (χ1) is 9.70. The van der Waals surface area contributed by atoms with Crippen molar-refractivity contribution in [1.29, 1.82) is 0 Å². The highest BCUT2D eigenvalue weighted by atomic mass is 79.9. The third-order valence-electron chi connectivity index (χ3n) is 3.73. The molecule has 0 atom stereocenters. The van der Waals surface area contributed by atoms with Crippen LogP contribution in [0, 0.1) is 0 Å². The van der Waals surface area contributed by atoms with Crippen LogP contribution in [0.25, 0.3) is 11.1 Å². The summed E-state index contributed by atoms with van der Waals surface area (Å²) in [4.78, 5) is 14.6. The topological polar surface area (TPSA) is 38.4 Å². The molecule has 2 aromatic heterocycles. The maximum atomic E-state index is 12.7. The van der Waals surface area contributed by atoms with E-state index in [1.165, 1.54) is 6.42 Å². The second-order valence-electron chi connectivity index (χ2n) is 5.08. The summed E-state index contributed by atoms with van der Waals surface area (Å²) >= 11 is 3.33. The molecule has 0 aromatic carbocycles. The molecule has 4 nitrogen and oxygen atoms in total. The van der Waals surface area contributed by atoms with Crippen molar-refractivity contribution in [2.75, 3.05) is 13.1 Å². The van der Waals surface area contributed by atoms with Gasteiger partial charge in [-0.05, 0) is 35.2 Å². The number of aromatic nitrogens is 1. The number of hydrogen-bond donors (Lipinski definition) is 0. The molecular formula is C15H17BrN2O2. The number of hydrogen-bond acceptors (Lipinski definition) is 2. The van der Waals surface area contributed by atoms with E-state index >= 15 is 0 Å². The van der Waals surface area contributed by atoms with Gasteiger partial charge >= 0.3 is 0 Å². The quantitative estimate of drug-likeness (QED) is 0.799. The van der Waals surface area contributed by atoms with Gasteiger partial charge in [0.1, 0.15) is 5.69 Å². The Kier molecular flexibility index (Phi) is 3.70. The van der Waals surface area contributed by atoms with Crippen LogP contribution in [0.4, 0.5) is 0 Å². The zero-order valence-corrected chi connectivity index (χ0v) is 12.9. The van der Waals surface area contributed by atoms with E-state index in [-0.39, 0.29) is 5.91 Å². The molecule has 1 saturated heterocycles. The van der Waals surface area contributed by atoms with Crippen LogP contribution >= 0.6 is 15.9 Å². The fourth-order valence-corrected chi connectivity index (χ4v) is 3.16. The zero-order chi connectivity index (χ0) is 14.1. The SMILES string of the molecule is C=CCn1c(C(=O)N2CCCCC2)cc2oc(Br)cc21. The van der Waals surface area contributed by atoms with E-state index in [4.69, 9.17) is 4.42 Å². The molecule has 3 rings (SSSR count). The number of fused-ring (bicyclic) bond motifs is 1. The molecule has 1 aliphatic heterocycles. The monoisotopic (exact) mass is 336 g/mol. The summed E-state index contributed by atoms with van der Waals surface area (Å²) in [6, 6.07) is 3.73. The molecule has 0 bridgehead atoms. The van der Waals surface area contributed by atoms with Gasteiger partial charge in [0, 0.05) is 31.8 Å². The van der Waals surface area contributed by atoms with Crippen molar-refractivity contribution in [3.05, 3.63) is 35.2 Å². The fourth-order valence-electron chi connectivity index (χ4n) is 2.77. The smallest absolute Gasteiger partial charge is 0.270 e. The Bertz CT molecular complexity index is 650. The summed E-state index contributed by atoms with van der Waals surface area (Å²) in [5, 5.41) is 0. The molecule has 106 valence electrons. The fraction of sp³-hybridized carbons (Fsp3) is 0.400. The van der Waals surface area contributed by atoms with Crippen molar-refractivity contribution in [3.8, 4) is 0 Å². The van der Waals surface area contributed by atoms with Gasteiger partial charge in [-0.2, -0.15) is 0 Å². The van der Waals surface area contributed by atoms with Gasteiger partial charge < -0.3 is 13.9 Å². The number of nitrogens with zero attached hydrogens (tertiary/aromatic N) is 2. The van der Waals surface area contributed by atoms with E-state index in [2.05, 4.69) is 22.5 Å². The number of amides is 1. The van der Waals surface area contributed by atoms with Gasteiger partial charge in [0.2, 0.25) is 0 Å². The van der Waals surface area contributed by atoms with Crippen molar-refractivity contribution < 1.29 is 9.21 Å². The molecule has 5 heteroatoms. The number of furan rings is 1. The number of likely N-dealkylation sites (tertiary alicyclic amines) is 1. The standard InChI is InChI=1S/C15H17BrN2O2/c1-2-6-18-11-10-14(16)20-13(11)9-12(18)15(19)17-7-4-3-5-8-17/h2,9-10H,1,3-8H2. The summed E-state index contributed by atoms with van der Waals surface area (Å²) in [7, 11) is 0. The van der Waals surface area contributed by atoms with Gasteiger partial charge in [-0.3, -0.25) is 4.79 Å². The van der Waals surface area contributed by atoms with Gasteiger partial charge in [-0.25, -0.2) is 0 Å². The minimum Gasteiger partial charge on any atom is -0.448 e. The van der Waals surface area contributed by atoms with Gasteiger partial charge in [0.05, 0.1) is 5.52 Å². The third-order valence-corrected chi connectivity index (χ3v) is 4.12. The lowest BCUT2D eigenvalue weighted by atomic mass is 10.1. The van der Waals surface area contributed by atoms with E-state index in [0.717, 1.165) is 37.0 Å². The molecule has 2 aromatic rings. The minimum atomic E-state index is 0.0917. The lowest BCUT2D eigenvalue weighted by molar-refractivity contribution is 0.0714. The Morgan fingerprint density at radius 2 is 2.10 bits per heavy atom. The molecule has 3 heterocycles. The van der Waals surface area contributed by atoms with Crippen molar-refractivity contribution in [3.63, 3.8) is 0 Å². The van der Waals surface area contributed by atoms with Gasteiger partial charge in [-0.1, -0.05) is 6.08 Å². The molecule has 0 radical (unpaired) electrons. The first kappa shape index (κ1) is 13.5. The maximum Gasteiger partial charge on any atom is 0.270 e. The van der Waals surface area contributed by atoms with Gasteiger partial charge in [-0.15, -0.1) is 6.58 Å². The number of rotatable bonds is 3. The number of halogens is 1. The van der Waals surface area contributed by atoms with Crippen LogP contribution in [-0.2, 0) is 6.54 Å². The molecule has 0 saturated carbocycles. The summed E-state index contributed by atoms with van der Waals surface area (Å²) in [5.41, 5.74) is 2.35. The Morgan fingerprint density at radius 1 is 1.35 bits per heavy atom. The first-order valence-corrected chi connectivity index (χ1v) is 7.69. The molecule has 0 spiro atoms. The summed E-state index contributed by atoms with van der Waals surface area (Å²) in [5.74, 6) is 0.0917. The summed E-state index contributed by atoms with van der Waals surface area (Å²) in [6.07, 6.45) is 5.20. The average molecular weight is 337 g/mol. The zero-order valence-electron chi connectivity index (χ0n) is 11.3. The second kappa shape index (κ2) is 5.48. The first-order valence-electron chi connectivity index (χ1n) is 6.89. The van der Waals surface area contributed by atoms with E-state index in [1.54, 1.807) is 6.08 Å². The predicted molar refractivity (Wildman–Crippen MR) is 81.9 cm³/mol. The largest absolute Gasteiger partial charge is 0.448 e. The van der Waals surface area contributed by atoms with Crippen LogP contribution < -0.4 is 0 Å². The third kappa shape index (κ3) is 2.30. The highest BCUT2D eigenvalue weighted by Crippen LogP contribution is 2.28. The van der Waals surface area contributed by atoms with E-state index in [0.29, 0.717) is 16.9 Å². The summed E-state index contributed by atoms with van der Waals surface area (Å²) in [6.45, 7) is 6.08. The predicted octanol–water partition coefficient (Wildman–Crippen LogP) is 3.81. The molecule has 0 N–H and O–H groups in total. The number of carbonyl (C=O) groups is 1. The number of allylic oxidation sites excluding steroid dienone is 1. The lowest BCUT2D eigenvalue weighted by Gasteiger charge is -2.27. The molecular weight excluding hydrogens is 320 g/mol. The van der Waals surface area contributed by atoms with Crippen LogP contribution in [0.2, 0.25) is 0 Å². The van der Waals surface area contributed by atoms with Crippen molar-refractivity contribution in [2.45, 2.75) is 25.8 Å². The van der Waals surface area contributed by atoms with E-state index in [1.807, 2.05) is 21.6 Å². The highest BCUT2D eigenvalue weighted by molar-refractivity contribution is 9.10. The van der Waals surface area contributed by atoms with Crippen molar-refractivity contribution in [1.82, 2.24) is 9.47 Å². The van der Waals surface area contributed by atoms with Crippen LogP contribution in [0.5, 0.6) is 0 Å². The minimum absolute atomic E-state index is 0.0917. The average Bonchev–Trinajstić information content (AvgIpc) is 2.97. The maximum absolute atomic E-state index is 12.7. The Labute approximate surface area is 126 Å². The van der Waals surface area contributed by atoms with Crippen LogP contribution in [-0.4, -0.2) is 28.5 Å². The molecule has 0 aliphatic carbocycles. The Morgan fingerprint density at radius 3 is 2.80 bits per heavy atom. The van der Waals surface area contributed by atoms with Gasteiger partial charge in [0.25, 0.3) is 5.91 Å². The highest BCUT2D eigenvalue weighted by Gasteiger charge is 2.23. The molecule has 1 fully saturated rings. The van der Waals surface area contributed by atoms with Gasteiger partial charge in [0.15, 0.2) is 10.3 Å². The second-order valence-corrected chi connectivity index (χ2v) is 5.86. The Hall–Kier alpha value is -1.49. The molecule has 1 aliphatic rings. The van der Waals surface area contributed by atoms with Crippen molar-refractivity contribution in [2.24, 2.45) is 0 Å². The van der Waals surface area contributed by atoms with Crippen LogP contribution in [0.1, 0.15) is 29.8 Å². The van der Waals surface area contributed by atoms with Crippen molar-refractivity contribution >= 4 is 32.9 Å². The number of piperidine rings is 1. The van der Waals surface area contributed by atoms with E-state index < -0.39 is 0 Å². The Balaban J connectivity index is 2.00.